The van der Waals surface area contributed by atoms with Crippen LogP contribution in [0.15, 0.2) is 36.7 Å². The molecule has 0 spiro atoms. The van der Waals surface area contributed by atoms with Crippen molar-refractivity contribution in [1.29, 1.82) is 0 Å². The van der Waals surface area contributed by atoms with Gasteiger partial charge in [0.2, 0.25) is 0 Å². The van der Waals surface area contributed by atoms with Gasteiger partial charge in [0.15, 0.2) is 5.69 Å². The largest absolute Gasteiger partial charge is 0.628 e. The Morgan fingerprint density at radius 2 is 1.50 bits per heavy atom. The minimum atomic E-state index is -1.21. The highest BCUT2D eigenvalue weighted by Crippen LogP contribution is 2.38. The predicted molar refractivity (Wildman–Crippen MR) is 89.3 cm³/mol. The third-order valence-electron chi connectivity index (χ3n) is 2.93. The molecule has 0 aliphatic carbocycles. The Balaban J connectivity index is 0.000000289. The molecule has 0 fully saturated rings. The Morgan fingerprint density at radius 3 is 1.77 bits per heavy atom. The number of nitro groups is 3. The summed E-state index contributed by atoms with van der Waals surface area (Å²) in [6, 6.07) is 4.41. The molecule has 1 heterocycles. The summed E-state index contributed by atoms with van der Waals surface area (Å²) in [7, 11) is 3.13. The fraction of sp³-hybridized carbons (Fsp3) is 0.154. The first kappa shape index (κ1) is 20.3. The van der Waals surface area contributed by atoms with E-state index in [1.165, 1.54) is 0 Å². The highest BCUT2D eigenvalue weighted by Gasteiger charge is 2.30. The summed E-state index contributed by atoms with van der Waals surface area (Å²) in [6.45, 7) is 0. The Morgan fingerprint density at radius 1 is 1.00 bits per heavy atom. The number of aromatic nitrogens is 1. The SMILES string of the molecule is C[N+](C)([O-])c1cccnc1.O=[N+]([O-])c1cc([N+](=O)[O-])c(O)c([N+](=O)[O-])c1. The zero-order valence-electron chi connectivity index (χ0n) is 13.5. The summed E-state index contributed by atoms with van der Waals surface area (Å²) in [5.41, 5.74) is -2.33. The van der Waals surface area contributed by atoms with Crippen LogP contribution in [0.25, 0.3) is 0 Å². The van der Waals surface area contributed by atoms with Crippen molar-refractivity contribution in [3.63, 3.8) is 0 Å². The molecule has 0 atom stereocenters. The highest BCUT2D eigenvalue weighted by atomic mass is 16.6. The number of benzene rings is 1. The van der Waals surface area contributed by atoms with Gasteiger partial charge in [-0.3, -0.25) is 35.3 Å². The van der Waals surface area contributed by atoms with Crippen molar-refractivity contribution >= 4 is 22.7 Å². The summed E-state index contributed by atoms with van der Waals surface area (Å²) in [5.74, 6) is -1.21. The van der Waals surface area contributed by atoms with E-state index in [0.717, 1.165) is 0 Å². The number of nitrogens with zero attached hydrogens (tertiary/aromatic N) is 5. The zero-order valence-corrected chi connectivity index (χ0v) is 13.5. The molecular weight excluding hydrogens is 354 g/mol. The smallest absolute Gasteiger partial charge is 0.324 e. The predicted octanol–water partition coefficient (Wildman–Crippen LogP) is 2.26. The van der Waals surface area contributed by atoms with Crippen molar-refractivity contribution in [1.82, 2.24) is 9.63 Å². The molecule has 1 N–H and O–H groups in total. The van der Waals surface area contributed by atoms with Crippen LogP contribution in [0.2, 0.25) is 0 Å². The molecule has 2 aromatic rings. The third-order valence-corrected chi connectivity index (χ3v) is 2.93. The second-order valence-electron chi connectivity index (χ2n) is 5.17. The molecule has 0 aliphatic heterocycles. The molecule has 1 aromatic heterocycles. The zero-order chi connectivity index (χ0) is 20.1. The van der Waals surface area contributed by atoms with E-state index >= 15 is 0 Å². The van der Waals surface area contributed by atoms with Crippen molar-refractivity contribution in [2.45, 2.75) is 0 Å². The van der Waals surface area contributed by atoms with Crippen LogP contribution >= 0.6 is 0 Å². The van der Waals surface area contributed by atoms with Gasteiger partial charge in [-0.1, -0.05) is 0 Å². The molecule has 26 heavy (non-hydrogen) atoms. The first-order valence-electron chi connectivity index (χ1n) is 6.71. The molecule has 0 unspecified atom stereocenters. The number of phenols is 1. The number of aromatic hydroxyl groups is 1. The number of quaternary nitrogens is 1. The van der Waals surface area contributed by atoms with Crippen LogP contribution in [0, 0.1) is 35.6 Å². The molecule has 0 aliphatic rings. The summed E-state index contributed by atoms with van der Waals surface area (Å²) >= 11 is 0. The lowest BCUT2D eigenvalue weighted by atomic mass is 10.2. The Hall–Kier alpha value is -3.71. The van der Waals surface area contributed by atoms with E-state index in [1.54, 1.807) is 38.6 Å². The molecule has 138 valence electrons. The molecule has 0 saturated heterocycles. The molecule has 2 rings (SSSR count). The Bertz CT molecular complexity index is 799. The van der Waals surface area contributed by atoms with Crippen molar-refractivity contribution in [3.8, 4) is 5.75 Å². The molecule has 0 amide bonds. The average molecular weight is 367 g/mol. The lowest BCUT2D eigenvalue weighted by Crippen LogP contribution is -2.32. The van der Waals surface area contributed by atoms with E-state index in [0.29, 0.717) is 17.8 Å². The summed E-state index contributed by atoms with van der Waals surface area (Å²) in [5, 5.41) is 51.4. The van der Waals surface area contributed by atoms with E-state index < -0.39 is 42.2 Å². The summed E-state index contributed by atoms with van der Waals surface area (Å²) < 4.78 is -0.423. The first-order valence-corrected chi connectivity index (χ1v) is 6.71. The number of hydroxylamine groups is 2. The second kappa shape index (κ2) is 7.91. The van der Waals surface area contributed by atoms with Gasteiger partial charge in [-0.15, -0.1) is 0 Å². The van der Waals surface area contributed by atoms with Gasteiger partial charge in [-0.2, -0.15) is 0 Å². The van der Waals surface area contributed by atoms with Gasteiger partial charge in [-0.05, 0) is 6.07 Å². The van der Waals surface area contributed by atoms with Crippen molar-refractivity contribution in [3.05, 3.63) is 72.2 Å². The highest BCUT2D eigenvalue weighted by molar-refractivity contribution is 5.64. The third kappa shape index (κ3) is 5.15. The number of hydrogen-bond acceptors (Lipinski definition) is 9. The van der Waals surface area contributed by atoms with Gasteiger partial charge < -0.3 is 15.0 Å². The average Bonchev–Trinajstić information content (AvgIpc) is 2.55. The fourth-order valence-corrected chi connectivity index (χ4v) is 1.65. The van der Waals surface area contributed by atoms with E-state index in [2.05, 4.69) is 4.98 Å². The lowest BCUT2D eigenvalue weighted by Gasteiger charge is -2.32. The minimum Gasteiger partial charge on any atom is -0.628 e. The van der Waals surface area contributed by atoms with Gasteiger partial charge in [0, 0.05) is 12.3 Å². The standard InChI is InChI=1S/C7H10N2O.C6H3N3O7/c1-9(2,10)7-4-3-5-8-6-7;10-6-4(8(13)14)1-3(7(11)12)2-5(6)9(15)16/h3-6H,1-2H3;1-2,10H. The maximum absolute atomic E-state index is 11.2. The molecule has 1 aromatic carbocycles. The van der Waals surface area contributed by atoms with Crippen molar-refractivity contribution in [2.24, 2.45) is 0 Å². The molecule has 0 saturated carbocycles. The van der Waals surface area contributed by atoms with E-state index in [4.69, 9.17) is 5.11 Å². The number of non-ortho nitro benzene ring substituents is 1. The molecular formula is C13H13N5O8. The van der Waals surface area contributed by atoms with Crippen LogP contribution in [-0.4, -0.2) is 39.0 Å². The quantitative estimate of drug-likeness (QED) is 0.480. The number of nitro benzene ring substituents is 3. The topological polar surface area (TPSA) is 186 Å². The number of pyridine rings is 1. The second-order valence-corrected chi connectivity index (χ2v) is 5.17. The van der Waals surface area contributed by atoms with E-state index in [-0.39, 0.29) is 0 Å². The summed E-state index contributed by atoms with van der Waals surface area (Å²) in [4.78, 5) is 31.6. The van der Waals surface area contributed by atoms with Gasteiger partial charge in [0.25, 0.3) is 11.4 Å². The maximum atomic E-state index is 11.2. The number of rotatable bonds is 4. The van der Waals surface area contributed by atoms with Crippen LogP contribution in [0.1, 0.15) is 0 Å². The number of phenolic OH excluding ortho intramolecular Hbond substituents is 1. The first-order chi connectivity index (χ1) is 11.9. The maximum Gasteiger partial charge on any atom is 0.324 e. The van der Waals surface area contributed by atoms with Crippen LogP contribution in [-0.2, 0) is 0 Å². The van der Waals surface area contributed by atoms with Crippen LogP contribution < -0.4 is 4.65 Å². The molecule has 13 nitrogen and oxygen atoms in total. The minimum absolute atomic E-state index is 0.423. The van der Waals surface area contributed by atoms with Crippen LogP contribution in [0.4, 0.5) is 22.7 Å². The Kier molecular flexibility index (Phi) is 6.19. The van der Waals surface area contributed by atoms with Gasteiger partial charge >= 0.3 is 11.4 Å². The fourth-order valence-electron chi connectivity index (χ4n) is 1.65. The van der Waals surface area contributed by atoms with E-state index in [9.17, 15) is 35.6 Å². The Labute approximate surface area is 145 Å². The van der Waals surface area contributed by atoms with Gasteiger partial charge in [0.05, 0.1) is 47.2 Å². The van der Waals surface area contributed by atoms with E-state index in [1.807, 2.05) is 0 Å². The lowest BCUT2D eigenvalue weighted by molar-refractivity contribution is -0.404. The molecule has 0 radical (unpaired) electrons. The molecule has 13 heteroatoms. The molecule has 0 bridgehead atoms. The normalized spacial score (nSPS) is 10.4. The van der Waals surface area contributed by atoms with Crippen LogP contribution in [0.5, 0.6) is 5.75 Å². The van der Waals surface area contributed by atoms with Crippen molar-refractivity contribution < 1.29 is 19.9 Å². The van der Waals surface area contributed by atoms with Crippen molar-refractivity contribution in [2.75, 3.05) is 14.1 Å². The van der Waals surface area contributed by atoms with Crippen LogP contribution in [0.3, 0.4) is 0 Å². The van der Waals surface area contributed by atoms with Gasteiger partial charge in [-0.25, -0.2) is 0 Å². The number of hydrogen-bond donors (Lipinski definition) is 1. The summed E-state index contributed by atoms with van der Waals surface area (Å²) in [6.07, 6.45) is 3.23. The monoisotopic (exact) mass is 367 g/mol. The van der Waals surface area contributed by atoms with Gasteiger partial charge in [0.1, 0.15) is 0 Å².